The summed E-state index contributed by atoms with van der Waals surface area (Å²) in [4.78, 5) is 45.2. The van der Waals surface area contributed by atoms with Gasteiger partial charge in [-0.05, 0) is 55.8 Å². The second-order valence-corrected chi connectivity index (χ2v) is 7.64. The van der Waals surface area contributed by atoms with Gasteiger partial charge in [0.15, 0.2) is 12.4 Å². The van der Waals surface area contributed by atoms with E-state index in [-0.39, 0.29) is 11.7 Å². The second kappa shape index (κ2) is 7.98. The number of aromatic nitrogens is 2. The third kappa shape index (κ3) is 4.13. The van der Waals surface area contributed by atoms with Crippen LogP contribution in [0.15, 0.2) is 61.1 Å². The van der Waals surface area contributed by atoms with Gasteiger partial charge in [0.2, 0.25) is 5.91 Å². The zero-order valence-corrected chi connectivity index (χ0v) is 17.0. The van der Waals surface area contributed by atoms with Gasteiger partial charge in [0.25, 0.3) is 0 Å². The van der Waals surface area contributed by atoms with Crippen LogP contribution in [0.25, 0.3) is 0 Å². The van der Waals surface area contributed by atoms with Gasteiger partial charge in [-0.15, -0.1) is 0 Å². The van der Waals surface area contributed by atoms with Crippen molar-refractivity contribution >= 4 is 34.9 Å². The summed E-state index contributed by atoms with van der Waals surface area (Å²) in [6, 6.07) is 11.7. The molecule has 1 aliphatic rings. The van der Waals surface area contributed by atoms with E-state index >= 15 is 0 Å². The lowest BCUT2D eigenvalue weighted by molar-refractivity contribution is -0.119. The molecule has 8 nitrogen and oxygen atoms in total. The Morgan fingerprint density at radius 2 is 1.94 bits per heavy atom. The molecule has 0 atom stereocenters. The fourth-order valence-electron chi connectivity index (χ4n) is 3.28. The maximum Gasteiger partial charge on any atom is 0.338 e. The smallest absolute Gasteiger partial charge is 0.338 e. The SMILES string of the molecule is CC1(C)C(=O)Nc2ccc(C(=O)COC(=O)c3cccc(Nc4cnccn4)c3)cc21. The molecule has 0 unspecified atom stereocenters. The van der Waals surface area contributed by atoms with Crippen LogP contribution in [0, 0.1) is 0 Å². The predicted molar refractivity (Wildman–Crippen MR) is 114 cm³/mol. The zero-order valence-electron chi connectivity index (χ0n) is 17.0. The molecule has 0 aliphatic carbocycles. The first-order chi connectivity index (χ1) is 14.8. The van der Waals surface area contributed by atoms with E-state index in [0.29, 0.717) is 28.3 Å². The number of hydrogen-bond acceptors (Lipinski definition) is 7. The van der Waals surface area contributed by atoms with Crippen LogP contribution in [-0.2, 0) is 14.9 Å². The van der Waals surface area contributed by atoms with Crippen LogP contribution in [0.5, 0.6) is 0 Å². The number of rotatable bonds is 6. The number of fused-ring (bicyclic) bond motifs is 1. The number of benzene rings is 2. The highest BCUT2D eigenvalue weighted by molar-refractivity contribution is 6.07. The van der Waals surface area contributed by atoms with Crippen LogP contribution >= 0.6 is 0 Å². The van der Waals surface area contributed by atoms with Crippen molar-refractivity contribution < 1.29 is 19.1 Å². The zero-order chi connectivity index (χ0) is 22.0. The van der Waals surface area contributed by atoms with Crippen molar-refractivity contribution in [1.29, 1.82) is 0 Å². The molecule has 31 heavy (non-hydrogen) atoms. The first kappa shape index (κ1) is 20.2. The van der Waals surface area contributed by atoms with Gasteiger partial charge in [-0.2, -0.15) is 0 Å². The minimum atomic E-state index is -0.723. The highest BCUT2D eigenvalue weighted by Crippen LogP contribution is 2.37. The monoisotopic (exact) mass is 416 g/mol. The summed E-state index contributed by atoms with van der Waals surface area (Å²) in [5, 5.41) is 5.84. The summed E-state index contributed by atoms with van der Waals surface area (Å²) in [5.74, 6) is -0.543. The van der Waals surface area contributed by atoms with E-state index < -0.39 is 18.0 Å². The number of nitrogens with one attached hydrogen (secondary N) is 2. The summed E-state index contributed by atoms with van der Waals surface area (Å²) in [7, 11) is 0. The Morgan fingerprint density at radius 3 is 2.71 bits per heavy atom. The molecular weight excluding hydrogens is 396 g/mol. The molecule has 2 N–H and O–H groups in total. The molecule has 156 valence electrons. The van der Waals surface area contributed by atoms with Crippen LogP contribution in [0.4, 0.5) is 17.2 Å². The van der Waals surface area contributed by atoms with Crippen molar-refractivity contribution in [2.24, 2.45) is 0 Å². The molecule has 1 amide bonds. The Balaban J connectivity index is 1.41. The maximum atomic E-state index is 12.6. The average molecular weight is 416 g/mol. The standard InChI is InChI=1S/C23H20N4O4/c1-23(2)17-11-14(6-7-18(17)27-22(23)30)19(28)13-31-21(29)15-4-3-5-16(10-15)26-20-12-24-8-9-25-20/h3-12H,13H2,1-2H3,(H,25,26)(H,27,30). The number of carbonyl (C=O) groups excluding carboxylic acids is 3. The van der Waals surface area contributed by atoms with Crippen molar-refractivity contribution in [2.45, 2.75) is 19.3 Å². The van der Waals surface area contributed by atoms with Gasteiger partial charge in [-0.3, -0.25) is 14.6 Å². The average Bonchev–Trinajstić information content (AvgIpc) is 3.00. The topological polar surface area (TPSA) is 110 Å². The molecule has 8 heteroatoms. The lowest BCUT2D eigenvalue weighted by Gasteiger charge is -2.15. The summed E-state index contributed by atoms with van der Waals surface area (Å²) < 4.78 is 5.22. The molecule has 0 saturated heterocycles. The number of anilines is 3. The van der Waals surface area contributed by atoms with Crippen molar-refractivity contribution in [2.75, 3.05) is 17.2 Å². The first-order valence-electron chi connectivity index (χ1n) is 9.64. The predicted octanol–water partition coefficient (Wildman–Crippen LogP) is 3.49. The van der Waals surface area contributed by atoms with E-state index in [1.807, 2.05) is 0 Å². The minimum Gasteiger partial charge on any atom is -0.454 e. The lowest BCUT2D eigenvalue weighted by atomic mass is 9.85. The third-order valence-corrected chi connectivity index (χ3v) is 5.10. The normalized spacial score (nSPS) is 13.8. The highest BCUT2D eigenvalue weighted by Gasteiger charge is 2.38. The van der Waals surface area contributed by atoms with Crippen LogP contribution in [0.3, 0.4) is 0 Å². The van der Waals surface area contributed by atoms with E-state index in [0.717, 1.165) is 5.56 Å². The Bertz CT molecular complexity index is 1180. The number of esters is 1. The quantitative estimate of drug-likeness (QED) is 0.467. The number of Topliss-reactive ketones (excluding diaryl/α,β-unsaturated/α-hetero) is 1. The van der Waals surface area contributed by atoms with Crippen LogP contribution in [0.1, 0.15) is 40.1 Å². The molecule has 0 bridgehead atoms. The van der Waals surface area contributed by atoms with Crippen LogP contribution in [0.2, 0.25) is 0 Å². The number of carbonyl (C=O) groups is 3. The highest BCUT2D eigenvalue weighted by atomic mass is 16.5. The fourth-order valence-corrected chi connectivity index (χ4v) is 3.28. The number of amides is 1. The molecule has 4 rings (SSSR count). The first-order valence-corrected chi connectivity index (χ1v) is 9.64. The van der Waals surface area contributed by atoms with Gasteiger partial charge in [-0.1, -0.05) is 6.07 Å². The fraction of sp³-hybridized carbons (Fsp3) is 0.174. The van der Waals surface area contributed by atoms with Gasteiger partial charge in [0.1, 0.15) is 5.82 Å². The Labute approximate surface area is 178 Å². The Morgan fingerprint density at radius 1 is 1.10 bits per heavy atom. The molecular formula is C23H20N4O4. The van der Waals surface area contributed by atoms with E-state index in [1.165, 1.54) is 0 Å². The molecule has 2 aromatic carbocycles. The summed E-state index contributed by atoms with van der Waals surface area (Å²) in [6.07, 6.45) is 4.68. The number of nitrogens with zero attached hydrogens (tertiary/aromatic N) is 2. The Kier molecular flexibility index (Phi) is 5.21. The van der Waals surface area contributed by atoms with Gasteiger partial charge in [-0.25, -0.2) is 9.78 Å². The van der Waals surface area contributed by atoms with Crippen molar-refractivity contribution in [1.82, 2.24) is 9.97 Å². The summed E-state index contributed by atoms with van der Waals surface area (Å²) >= 11 is 0. The lowest BCUT2D eigenvalue weighted by Crippen LogP contribution is -2.27. The molecule has 0 saturated carbocycles. The van der Waals surface area contributed by atoms with E-state index in [2.05, 4.69) is 20.6 Å². The van der Waals surface area contributed by atoms with E-state index in [1.54, 1.807) is 74.9 Å². The maximum absolute atomic E-state index is 12.6. The number of ketones is 1. The largest absolute Gasteiger partial charge is 0.454 e. The van der Waals surface area contributed by atoms with Gasteiger partial charge >= 0.3 is 5.97 Å². The summed E-state index contributed by atoms with van der Waals surface area (Å²) in [5.41, 5.74) is 2.03. The van der Waals surface area contributed by atoms with Crippen molar-refractivity contribution in [3.05, 3.63) is 77.7 Å². The second-order valence-electron chi connectivity index (χ2n) is 7.64. The number of ether oxygens (including phenoxy) is 1. The number of hydrogen-bond donors (Lipinski definition) is 2. The van der Waals surface area contributed by atoms with E-state index in [9.17, 15) is 14.4 Å². The van der Waals surface area contributed by atoms with Crippen molar-refractivity contribution in [3.63, 3.8) is 0 Å². The molecule has 1 aromatic heterocycles. The van der Waals surface area contributed by atoms with Gasteiger partial charge in [0.05, 0.1) is 17.2 Å². The van der Waals surface area contributed by atoms with Crippen LogP contribution < -0.4 is 10.6 Å². The molecule has 0 fully saturated rings. The van der Waals surface area contributed by atoms with Gasteiger partial charge < -0.3 is 15.4 Å². The van der Waals surface area contributed by atoms with Crippen LogP contribution in [-0.4, -0.2) is 34.2 Å². The van der Waals surface area contributed by atoms with Gasteiger partial charge in [0, 0.05) is 29.3 Å². The molecule has 3 aromatic rings. The van der Waals surface area contributed by atoms with Crippen molar-refractivity contribution in [3.8, 4) is 0 Å². The van der Waals surface area contributed by atoms with E-state index in [4.69, 9.17) is 4.74 Å². The summed E-state index contributed by atoms with van der Waals surface area (Å²) in [6.45, 7) is 3.19. The minimum absolute atomic E-state index is 0.117. The molecule has 2 heterocycles. The molecule has 0 radical (unpaired) electrons. The molecule has 1 aliphatic heterocycles. The third-order valence-electron chi connectivity index (χ3n) is 5.10. The Hall–Kier alpha value is -4.07. The molecule has 0 spiro atoms.